The molecular weight excluding hydrogens is 324 g/mol. The number of carbonyl (C=O) groups is 1. The maximum atomic E-state index is 12.2. The lowest BCUT2D eigenvalue weighted by molar-refractivity contribution is 0.102. The first kappa shape index (κ1) is 14.2. The molecule has 19 heavy (non-hydrogen) atoms. The summed E-state index contributed by atoms with van der Waals surface area (Å²) in [5.41, 5.74) is 1.52. The van der Waals surface area contributed by atoms with Gasteiger partial charge in [0.15, 0.2) is 5.78 Å². The molecule has 0 bridgehead atoms. The van der Waals surface area contributed by atoms with Crippen LogP contribution in [0.5, 0.6) is 0 Å². The monoisotopic (exact) mass is 336 g/mol. The summed E-state index contributed by atoms with van der Waals surface area (Å²) in [5, 5.41) is 0. The zero-order valence-electron chi connectivity index (χ0n) is 10.4. The molecule has 1 atom stereocenters. The van der Waals surface area contributed by atoms with Gasteiger partial charge in [-0.1, -0.05) is 52.3 Å². The molecule has 0 heterocycles. The number of benzene rings is 2. The predicted molar refractivity (Wildman–Crippen MR) is 80.9 cm³/mol. The van der Waals surface area contributed by atoms with Crippen molar-refractivity contribution >= 4 is 32.5 Å². The molecule has 1 unspecified atom stereocenters. The van der Waals surface area contributed by atoms with Crippen LogP contribution in [-0.4, -0.2) is 15.7 Å². The Hall–Kier alpha value is -1.26. The largest absolute Gasteiger partial charge is 0.293 e. The molecule has 98 valence electrons. The van der Waals surface area contributed by atoms with Gasteiger partial charge in [0, 0.05) is 14.9 Å². The molecule has 0 amide bonds. The van der Waals surface area contributed by atoms with Crippen LogP contribution in [0.4, 0.5) is 0 Å². The summed E-state index contributed by atoms with van der Waals surface area (Å²) in [7, 11) is -1.30. The second kappa shape index (κ2) is 6.26. The Balaban J connectivity index is 2.19. The van der Waals surface area contributed by atoms with Crippen LogP contribution in [0.25, 0.3) is 0 Å². The van der Waals surface area contributed by atoms with E-state index in [9.17, 15) is 9.00 Å². The van der Waals surface area contributed by atoms with Crippen LogP contribution in [0.1, 0.15) is 15.9 Å². The molecule has 0 N–H and O–H groups in total. The number of ketones is 1. The van der Waals surface area contributed by atoms with E-state index < -0.39 is 10.8 Å². The summed E-state index contributed by atoms with van der Waals surface area (Å²) in [6.45, 7) is 1.90. The summed E-state index contributed by atoms with van der Waals surface area (Å²) in [4.78, 5) is 12.9. The third kappa shape index (κ3) is 3.39. The number of halogens is 1. The van der Waals surface area contributed by atoms with Gasteiger partial charge in [-0.15, -0.1) is 0 Å². The minimum Gasteiger partial charge on any atom is -0.293 e. The first-order valence-electron chi connectivity index (χ1n) is 5.81. The fourth-order valence-electron chi connectivity index (χ4n) is 1.77. The Bertz CT molecular complexity index is 582. The normalized spacial score (nSPS) is 12.1. The van der Waals surface area contributed by atoms with Crippen LogP contribution in [0.2, 0.25) is 0 Å². The number of carbonyl (C=O) groups excluding carboxylic acids is 1. The zero-order chi connectivity index (χ0) is 13.8. The van der Waals surface area contributed by atoms with Crippen LogP contribution in [0.15, 0.2) is 57.9 Å². The summed E-state index contributed by atoms with van der Waals surface area (Å²) in [6, 6.07) is 14.6. The van der Waals surface area contributed by atoms with Gasteiger partial charge >= 0.3 is 0 Å². The summed E-state index contributed by atoms with van der Waals surface area (Å²) < 4.78 is 13.0. The van der Waals surface area contributed by atoms with Crippen LogP contribution in [0.3, 0.4) is 0 Å². The predicted octanol–water partition coefficient (Wildman–Crippen LogP) is 3.75. The summed E-state index contributed by atoms with van der Waals surface area (Å²) in [6.07, 6.45) is 0. The van der Waals surface area contributed by atoms with Gasteiger partial charge in [0.2, 0.25) is 0 Å². The minimum absolute atomic E-state index is 0.00741. The van der Waals surface area contributed by atoms with Crippen LogP contribution in [0, 0.1) is 6.92 Å². The molecule has 0 spiro atoms. The fourth-order valence-corrected chi connectivity index (χ4v) is 3.49. The first-order valence-corrected chi connectivity index (χ1v) is 7.92. The lowest BCUT2D eigenvalue weighted by atomic mass is 10.1. The van der Waals surface area contributed by atoms with E-state index in [-0.39, 0.29) is 11.5 Å². The molecule has 2 aromatic rings. The van der Waals surface area contributed by atoms with Crippen molar-refractivity contribution in [1.82, 2.24) is 0 Å². The van der Waals surface area contributed by atoms with Crippen molar-refractivity contribution in [2.45, 2.75) is 11.8 Å². The van der Waals surface area contributed by atoms with Crippen molar-refractivity contribution in [1.29, 1.82) is 0 Å². The number of Topliss-reactive ketones (excluding diaryl/α,β-unsaturated/α-hetero) is 1. The average Bonchev–Trinajstić information content (AvgIpc) is 2.39. The highest BCUT2D eigenvalue weighted by Gasteiger charge is 2.15. The number of hydrogen-bond donors (Lipinski definition) is 0. The molecule has 0 saturated carbocycles. The van der Waals surface area contributed by atoms with E-state index in [1.807, 2.05) is 37.3 Å². The Morgan fingerprint density at radius 2 is 1.74 bits per heavy atom. The summed E-state index contributed by atoms with van der Waals surface area (Å²) in [5.74, 6) is -0.109. The molecule has 0 aliphatic heterocycles. The molecule has 0 aliphatic rings. The molecule has 4 heteroatoms. The highest BCUT2D eigenvalue weighted by molar-refractivity contribution is 9.10. The molecule has 0 saturated heterocycles. The van der Waals surface area contributed by atoms with Crippen molar-refractivity contribution in [3.05, 3.63) is 64.1 Å². The molecule has 0 fully saturated rings. The molecule has 2 aromatic carbocycles. The Labute approximate surface area is 123 Å². The van der Waals surface area contributed by atoms with Crippen molar-refractivity contribution in [3.63, 3.8) is 0 Å². The Morgan fingerprint density at radius 3 is 2.42 bits per heavy atom. The second-order valence-corrected chi connectivity index (χ2v) is 6.43. The maximum absolute atomic E-state index is 12.2. The van der Waals surface area contributed by atoms with Gasteiger partial charge in [-0.3, -0.25) is 9.00 Å². The van der Waals surface area contributed by atoms with E-state index in [0.29, 0.717) is 5.56 Å². The van der Waals surface area contributed by atoms with Gasteiger partial charge in [0.05, 0.1) is 16.6 Å². The highest BCUT2D eigenvalue weighted by atomic mass is 79.9. The summed E-state index contributed by atoms with van der Waals surface area (Å²) >= 11 is 3.34. The van der Waals surface area contributed by atoms with Gasteiger partial charge in [-0.05, 0) is 24.6 Å². The van der Waals surface area contributed by atoms with Crippen molar-refractivity contribution in [3.8, 4) is 0 Å². The number of aryl methyl sites for hydroxylation is 1. The van der Waals surface area contributed by atoms with E-state index in [1.54, 1.807) is 18.2 Å². The molecular formula is C15H13BrO2S. The zero-order valence-corrected chi connectivity index (χ0v) is 12.8. The third-order valence-corrected chi connectivity index (χ3v) is 4.94. The van der Waals surface area contributed by atoms with Crippen molar-refractivity contribution in [2.24, 2.45) is 0 Å². The molecule has 0 aromatic heterocycles. The lowest BCUT2D eigenvalue weighted by Crippen LogP contribution is -2.12. The minimum atomic E-state index is -1.30. The average molecular weight is 337 g/mol. The van der Waals surface area contributed by atoms with Gasteiger partial charge in [-0.2, -0.15) is 0 Å². The van der Waals surface area contributed by atoms with Crippen molar-refractivity contribution in [2.75, 3.05) is 5.75 Å². The first-order chi connectivity index (χ1) is 9.09. The molecule has 0 radical (unpaired) electrons. The van der Waals surface area contributed by atoms with Gasteiger partial charge in [0.25, 0.3) is 0 Å². The Kier molecular flexibility index (Phi) is 4.66. The van der Waals surface area contributed by atoms with E-state index >= 15 is 0 Å². The third-order valence-electron chi connectivity index (χ3n) is 2.78. The van der Waals surface area contributed by atoms with Gasteiger partial charge < -0.3 is 0 Å². The van der Waals surface area contributed by atoms with Crippen LogP contribution < -0.4 is 0 Å². The van der Waals surface area contributed by atoms with Gasteiger partial charge in [-0.25, -0.2) is 0 Å². The molecule has 0 aliphatic carbocycles. The fraction of sp³-hybridized carbons (Fsp3) is 0.133. The number of rotatable bonds is 4. The van der Waals surface area contributed by atoms with E-state index in [1.165, 1.54) is 0 Å². The highest BCUT2D eigenvalue weighted by Crippen LogP contribution is 2.19. The molecule has 2 nitrogen and oxygen atoms in total. The van der Waals surface area contributed by atoms with E-state index in [2.05, 4.69) is 15.9 Å². The molecule has 2 rings (SSSR count). The SMILES string of the molecule is Cc1ccccc1S(=O)CC(=O)c1ccccc1Br. The smallest absolute Gasteiger partial charge is 0.176 e. The topological polar surface area (TPSA) is 34.1 Å². The maximum Gasteiger partial charge on any atom is 0.176 e. The second-order valence-electron chi connectivity index (χ2n) is 4.16. The van der Waals surface area contributed by atoms with E-state index in [4.69, 9.17) is 0 Å². The Morgan fingerprint density at radius 1 is 1.11 bits per heavy atom. The standard InChI is InChI=1S/C15H13BrO2S/c1-11-6-2-5-9-15(11)19(18)10-14(17)12-7-3-4-8-13(12)16/h2-9H,10H2,1H3. The lowest BCUT2D eigenvalue weighted by Gasteiger charge is -2.06. The number of hydrogen-bond acceptors (Lipinski definition) is 2. The van der Waals surface area contributed by atoms with Crippen molar-refractivity contribution < 1.29 is 9.00 Å². The van der Waals surface area contributed by atoms with Gasteiger partial charge in [0.1, 0.15) is 0 Å². The quantitative estimate of drug-likeness (QED) is 0.797. The van der Waals surface area contributed by atoms with Crippen LogP contribution in [-0.2, 0) is 10.8 Å². The van der Waals surface area contributed by atoms with E-state index in [0.717, 1.165) is 14.9 Å². The van der Waals surface area contributed by atoms with Crippen LogP contribution >= 0.6 is 15.9 Å².